The molecule has 0 aromatic heterocycles. The van der Waals surface area contributed by atoms with Gasteiger partial charge in [-0.3, -0.25) is 14.9 Å². The van der Waals surface area contributed by atoms with Crippen molar-refractivity contribution >= 4 is 32.7 Å². The summed E-state index contributed by atoms with van der Waals surface area (Å²) in [5.74, 6) is 3.13. The average molecular weight is 407 g/mol. The van der Waals surface area contributed by atoms with E-state index in [9.17, 15) is 26.8 Å². The van der Waals surface area contributed by atoms with Gasteiger partial charge in [-0.05, 0) is 60.3 Å². The standard InChI is InChI=1S/C18H11F2NO4S2/c19-13-5-3-12(4-6-13)2-1-11-18(16(22)21-17(23)26-18)27(24,25)15-9-7-14(20)8-10-15/h3-10H,11H2,(H,21,22,23). The first kappa shape index (κ1) is 19.1. The lowest BCUT2D eigenvalue weighted by atomic mass is 10.2. The number of sulfone groups is 1. The Morgan fingerprint density at radius 2 is 1.52 bits per heavy atom. The van der Waals surface area contributed by atoms with E-state index in [1.807, 2.05) is 5.32 Å². The molecule has 1 unspecified atom stereocenters. The molecule has 1 aliphatic rings. The number of carbonyl (C=O) groups excluding carboxylic acids is 2. The number of rotatable bonds is 3. The summed E-state index contributed by atoms with van der Waals surface area (Å²) < 4.78 is 49.9. The number of amides is 2. The molecule has 0 aliphatic carbocycles. The van der Waals surface area contributed by atoms with Crippen molar-refractivity contribution in [2.75, 3.05) is 0 Å². The molecule has 27 heavy (non-hydrogen) atoms. The number of hydrogen-bond donors (Lipinski definition) is 1. The van der Waals surface area contributed by atoms with Gasteiger partial charge in [0.25, 0.3) is 11.1 Å². The van der Waals surface area contributed by atoms with Gasteiger partial charge in [-0.2, -0.15) is 0 Å². The van der Waals surface area contributed by atoms with Crippen LogP contribution in [-0.4, -0.2) is 23.6 Å². The Morgan fingerprint density at radius 3 is 2.04 bits per heavy atom. The van der Waals surface area contributed by atoms with E-state index in [1.54, 1.807) is 0 Å². The van der Waals surface area contributed by atoms with Crippen molar-refractivity contribution in [1.29, 1.82) is 0 Å². The van der Waals surface area contributed by atoms with Crippen LogP contribution in [0.4, 0.5) is 13.6 Å². The number of thioether (sulfide) groups is 1. The molecule has 2 aromatic carbocycles. The van der Waals surface area contributed by atoms with Crippen LogP contribution in [0.3, 0.4) is 0 Å². The zero-order valence-electron chi connectivity index (χ0n) is 13.5. The Kier molecular flexibility index (Phi) is 5.04. The van der Waals surface area contributed by atoms with Gasteiger partial charge in [0.2, 0.25) is 13.9 Å². The Bertz CT molecular complexity index is 1070. The van der Waals surface area contributed by atoms with E-state index < -0.39 is 43.1 Å². The predicted molar refractivity (Wildman–Crippen MR) is 95.3 cm³/mol. The summed E-state index contributed by atoms with van der Waals surface area (Å²) in [6, 6.07) is 9.12. The quantitative estimate of drug-likeness (QED) is 0.625. The monoisotopic (exact) mass is 407 g/mol. The van der Waals surface area contributed by atoms with Gasteiger partial charge < -0.3 is 0 Å². The molecular formula is C18H11F2NO4S2. The largest absolute Gasteiger partial charge is 0.287 e. The fraction of sp³-hybridized carbons (Fsp3) is 0.111. The maximum absolute atomic E-state index is 13.1. The molecule has 1 aliphatic heterocycles. The fourth-order valence-electron chi connectivity index (χ4n) is 2.40. The van der Waals surface area contributed by atoms with Gasteiger partial charge in [0, 0.05) is 12.0 Å². The van der Waals surface area contributed by atoms with Crippen molar-refractivity contribution in [3.63, 3.8) is 0 Å². The van der Waals surface area contributed by atoms with Crippen molar-refractivity contribution < 1.29 is 26.8 Å². The van der Waals surface area contributed by atoms with Crippen LogP contribution in [0, 0.1) is 23.5 Å². The minimum Gasteiger partial charge on any atom is -0.285 e. The van der Waals surface area contributed by atoms with E-state index in [0.717, 1.165) is 24.3 Å². The molecule has 0 radical (unpaired) electrons. The van der Waals surface area contributed by atoms with Gasteiger partial charge in [0.15, 0.2) is 0 Å². The zero-order valence-corrected chi connectivity index (χ0v) is 15.2. The van der Waals surface area contributed by atoms with E-state index in [-0.39, 0.29) is 4.90 Å². The van der Waals surface area contributed by atoms with Crippen LogP contribution in [-0.2, 0) is 14.6 Å². The third-order valence-electron chi connectivity index (χ3n) is 3.78. The highest BCUT2D eigenvalue weighted by Crippen LogP contribution is 2.43. The molecule has 5 nitrogen and oxygen atoms in total. The van der Waals surface area contributed by atoms with Crippen LogP contribution < -0.4 is 5.32 Å². The number of hydrogen-bond acceptors (Lipinski definition) is 5. The van der Waals surface area contributed by atoms with Gasteiger partial charge in [-0.15, -0.1) is 0 Å². The third-order valence-corrected chi connectivity index (χ3v) is 7.72. The molecule has 1 saturated heterocycles. The van der Waals surface area contributed by atoms with E-state index >= 15 is 0 Å². The molecule has 9 heteroatoms. The van der Waals surface area contributed by atoms with Crippen molar-refractivity contribution in [2.45, 2.75) is 15.4 Å². The molecule has 1 heterocycles. The van der Waals surface area contributed by atoms with Gasteiger partial charge in [0.1, 0.15) is 11.6 Å². The maximum Gasteiger partial charge on any atom is 0.287 e. The highest BCUT2D eigenvalue weighted by molar-refractivity contribution is 8.25. The van der Waals surface area contributed by atoms with Crippen molar-refractivity contribution in [1.82, 2.24) is 5.32 Å². The van der Waals surface area contributed by atoms with Crippen LogP contribution >= 0.6 is 11.8 Å². The molecule has 0 spiro atoms. The Balaban J connectivity index is 2.01. The predicted octanol–water partition coefficient (Wildman–Crippen LogP) is 2.86. The SMILES string of the molecule is O=C1NC(=O)C(CC#Cc2ccc(F)cc2)(S(=O)(=O)c2ccc(F)cc2)S1. The molecule has 1 N–H and O–H groups in total. The number of nitrogens with one attached hydrogen (secondary N) is 1. The van der Waals surface area contributed by atoms with E-state index in [4.69, 9.17) is 0 Å². The van der Waals surface area contributed by atoms with Crippen LogP contribution in [0.15, 0.2) is 53.4 Å². The number of imide groups is 1. The first-order valence-electron chi connectivity index (χ1n) is 7.54. The lowest BCUT2D eigenvalue weighted by Crippen LogP contribution is -2.43. The van der Waals surface area contributed by atoms with Crippen molar-refractivity contribution in [2.24, 2.45) is 0 Å². The maximum atomic E-state index is 13.1. The molecule has 1 fully saturated rings. The van der Waals surface area contributed by atoms with Crippen LogP contribution in [0.25, 0.3) is 0 Å². The summed E-state index contributed by atoms with van der Waals surface area (Å²) in [7, 11) is -4.36. The Hall–Kier alpha value is -2.70. The van der Waals surface area contributed by atoms with Crippen LogP contribution in [0.1, 0.15) is 12.0 Å². The molecule has 0 saturated carbocycles. The molecule has 3 rings (SSSR count). The van der Waals surface area contributed by atoms with E-state index in [0.29, 0.717) is 17.3 Å². The summed E-state index contributed by atoms with van der Waals surface area (Å²) in [6.07, 6.45) is -0.480. The summed E-state index contributed by atoms with van der Waals surface area (Å²) >= 11 is 0.321. The number of halogens is 2. The Labute approximate surface area is 158 Å². The minimum absolute atomic E-state index is 0.301. The highest BCUT2D eigenvalue weighted by Gasteiger charge is 2.58. The second-order valence-electron chi connectivity index (χ2n) is 5.54. The molecule has 2 amide bonds. The van der Waals surface area contributed by atoms with Gasteiger partial charge in [0.05, 0.1) is 4.90 Å². The van der Waals surface area contributed by atoms with Crippen molar-refractivity contribution in [3.8, 4) is 11.8 Å². The lowest BCUT2D eigenvalue weighted by molar-refractivity contribution is -0.119. The van der Waals surface area contributed by atoms with Gasteiger partial charge >= 0.3 is 0 Å². The van der Waals surface area contributed by atoms with E-state index in [2.05, 4.69) is 11.8 Å². The van der Waals surface area contributed by atoms with E-state index in [1.165, 1.54) is 24.3 Å². The molecular weight excluding hydrogens is 396 g/mol. The summed E-state index contributed by atoms with van der Waals surface area (Å²) in [5.41, 5.74) is 0.417. The summed E-state index contributed by atoms with van der Waals surface area (Å²) in [5, 5.41) is 1.15. The van der Waals surface area contributed by atoms with Crippen LogP contribution in [0.2, 0.25) is 0 Å². The lowest BCUT2D eigenvalue weighted by Gasteiger charge is -2.22. The molecule has 138 valence electrons. The summed E-state index contributed by atoms with van der Waals surface area (Å²) in [6.45, 7) is 0. The first-order valence-corrected chi connectivity index (χ1v) is 9.84. The van der Waals surface area contributed by atoms with Gasteiger partial charge in [-0.1, -0.05) is 11.8 Å². The van der Waals surface area contributed by atoms with Crippen LogP contribution in [0.5, 0.6) is 0 Å². The number of carbonyl (C=O) groups is 2. The highest BCUT2D eigenvalue weighted by atomic mass is 32.3. The molecule has 1 atom stereocenters. The second kappa shape index (κ2) is 7.13. The minimum atomic E-state index is -4.36. The zero-order chi connectivity index (χ0) is 19.7. The first-order chi connectivity index (χ1) is 12.7. The third kappa shape index (κ3) is 3.59. The molecule has 0 bridgehead atoms. The normalized spacial score (nSPS) is 19.3. The number of benzene rings is 2. The molecule has 2 aromatic rings. The Morgan fingerprint density at radius 1 is 0.963 bits per heavy atom. The second-order valence-corrected chi connectivity index (χ2v) is 9.24. The summed E-state index contributed by atoms with van der Waals surface area (Å²) in [4.78, 5) is 23.7. The average Bonchev–Trinajstić information content (AvgIpc) is 2.92. The fourth-order valence-corrected chi connectivity index (χ4v) is 5.52. The topological polar surface area (TPSA) is 80.3 Å². The van der Waals surface area contributed by atoms with Crippen molar-refractivity contribution in [3.05, 3.63) is 65.7 Å². The smallest absolute Gasteiger partial charge is 0.285 e. The van der Waals surface area contributed by atoms with Gasteiger partial charge in [-0.25, -0.2) is 17.2 Å².